The number of ether oxygens (including phenoxy) is 1. The molecule has 1 aliphatic rings. The van der Waals surface area contributed by atoms with Crippen LogP contribution in [0.15, 0.2) is 24.4 Å². The van der Waals surface area contributed by atoms with Crippen LogP contribution in [0.2, 0.25) is 5.02 Å². The molecule has 0 spiro atoms. The molecule has 1 atom stereocenters. The average Bonchev–Trinajstić information content (AvgIpc) is 3.12. The maximum atomic E-state index is 14.5. The lowest BCUT2D eigenvalue weighted by atomic mass is 10.2. The molecule has 2 aromatic rings. The molecule has 8 nitrogen and oxygen atoms in total. The molecule has 1 amide bonds. The van der Waals surface area contributed by atoms with E-state index in [0.717, 1.165) is 14.1 Å². The van der Waals surface area contributed by atoms with E-state index in [4.69, 9.17) is 16.3 Å². The van der Waals surface area contributed by atoms with Crippen molar-refractivity contribution in [3.8, 4) is 11.5 Å². The monoisotopic (exact) mass is 478 g/mol. The summed E-state index contributed by atoms with van der Waals surface area (Å²) < 4.78 is 72.8. The van der Waals surface area contributed by atoms with Gasteiger partial charge in [-0.05, 0) is 6.42 Å². The van der Waals surface area contributed by atoms with Gasteiger partial charge in [0.25, 0.3) is 0 Å². The number of nitrogens with zero attached hydrogens (tertiary/aromatic N) is 4. The summed E-state index contributed by atoms with van der Waals surface area (Å²) in [6, 6.07) is 2.44. The minimum atomic E-state index is -4.38. The molecule has 1 unspecified atom stereocenters. The fourth-order valence-electron chi connectivity index (χ4n) is 2.92. The van der Waals surface area contributed by atoms with Crippen LogP contribution in [0.3, 0.4) is 0 Å². The van der Waals surface area contributed by atoms with E-state index in [-0.39, 0.29) is 28.0 Å². The number of hydrogen-bond donors (Lipinski definition) is 0. The van der Waals surface area contributed by atoms with Gasteiger partial charge in [-0.2, -0.15) is 17.0 Å². The minimum absolute atomic E-state index is 0.0241. The Kier molecular flexibility index (Phi) is 6.62. The van der Waals surface area contributed by atoms with Gasteiger partial charge in [-0.3, -0.25) is 4.79 Å². The maximum absolute atomic E-state index is 14.5. The summed E-state index contributed by atoms with van der Waals surface area (Å²) >= 11 is 6.17. The van der Waals surface area contributed by atoms with Gasteiger partial charge in [-0.25, -0.2) is 18.2 Å². The number of halogens is 4. The van der Waals surface area contributed by atoms with Crippen molar-refractivity contribution >= 4 is 39.7 Å². The molecule has 0 bridgehead atoms. The maximum Gasteiger partial charge on any atom is 0.310 e. The van der Waals surface area contributed by atoms with Crippen molar-refractivity contribution in [2.75, 3.05) is 36.4 Å². The smallest absolute Gasteiger partial charge is 0.310 e. The topological polar surface area (TPSA) is 83.0 Å². The molecule has 1 saturated heterocycles. The molecule has 1 aliphatic heterocycles. The molecule has 168 valence electrons. The van der Waals surface area contributed by atoms with E-state index in [1.165, 1.54) is 12.3 Å². The highest BCUT2D eigenvalue weighted by Gasteiger charge is 2.29. The van der Waals surface area contributed by atoms with E-state index in [1.54, 1.807) is 4.90 Å². The van der Waals surface area contributed by atoms with E-state index in [0.29, 0.717) is 35.2 Å². The number of rotatable bonds is 7. The van der Waals surface area contributed by atoms with Crippen LogP contribution in [0.1, 0.15) is 6.42 Å². The van der Waals surface area contributed by atoms with Crippen LogP contribution in [0, 0.1) is 11.6 Å². The number of aromatic nitrogens is 1. The average molecular weight is 479 g/mol. The summed E-state index contributed by atoms with van der Waals surface area (Å²) in [6.45, 7) is 0.593. The summed E-state index contributed by atoms with van der Waals surface area (Å²) in [4.78, 5) is 17.0. The number of carbonyl (C=O) groups excluding carboxylic acids is 1. The predicted molar refractivity (Wildman–Crippen MR) is 109 cm³/mol. The summed E-state index contributed by atoms with van der Waals surface area (Å²) in [5, 5.41) is 0.133. The number of anilines is 2. The fourth-order valence-corrected chi connectivity index (χ4v) is 4.04. The number of pyridine rings is 1. The Balaban J connectivity index is 1.87. The zero-order valence-electron chi connectivity index (χ0n) is 16.4. The molecule has 1 aromatic carbocycles. The highest BCUT2D eigenvalue weighted by atomic mass is 35.5. The number of alkyl halides is 1. The van der Waals surface area contributed by atoms with Crippen molar-refractivity contribution in [2.45, 2.75) is 12.6 Å². The van der Waals surface area contributed by atoms with Crippen LogP contribution in [0.25, 0.3) is 0 Å². The third-order valence-electron chi connectivity index (χ3n) is 4.50. The standard InChI is InChI=1S/C18H18ClF3N4O4S/c1-24(2)31(28,29)26(10-27)16-6-15(22)17(7-14(16)21)30-12-5-13(19)18(23-8-12)25-4-3-11(20)9-25/h5-8,10-11H,3-4,9H2,1-2H3. The predicted octanol–water partition coefficient (Wildman–Crippen LogP) is 3.12. The van der Waals surface area contributed by atoms with Crippen molar-refractivity contribution in [3.63, 3.8) is 0 Å². The lowest BCUT2D eigenvalue weighted by molar-refractivity contribution is -0.106. The van der Waals surface area contributed by atoms with Gasteiger partial charge in [0.05, 0.1) is 23.5 Å². The van der Waals surface area contributed by atoms with Crippen LogP contribution < -0.4 is 13.9 Å². The van der Waals surface area contributed by atoms with Gasteiger partial charge in [0.2, 0.25) is 6.41 Å². The molecule has 0 N–H and O–H groups in total. The molecule has 0 radical (unpaired) electrons. The van der Waals surface area contributed by atoms with Gasteiger partial charge >= 0.3 is 10.2 Å². The molecule has 13 heteroatoms. The second-order valence-electron chi connectivity index (χ2n) is 6.84. The Morgan fingerprint density at radius 3 is 2.52 bits per heavy atom. The van der Waals surface area contributed by atoms with Gasteiger partial charge in [-0.15, -0.1) is 0 Å². The minimum Gasteiger partial charge on any atom is -0.452 e. The van der Waals surface area contributed by atoms with Crippen molar-refractivity contribution in [3.05, 3.63) is 41.1 Å². The molecule has 1 aromatic heterocycles. The Morgan fingerprint density at radius 1 is 1.26 bits per heavy atom. The fraction of sp³-hybridized carbons (Fsp3) is 0.333. The Bertz CT molecular complexity index is 1100. The molecule has 3 rings (SSSR count). The second-order valence-corrected chi connectivity index (χ2v) is 9.26. The van der Waals surface area contributed by atoms with Crippen molar-refractivity contribution in [1.82, 2.24) is 9.29 Å². The first-order valence-electron chi connectivity index (χ1n) is 8.93. The molecular formula is C18H18ClF3N4O4S. The number of benzene rings is 1. The summed E-state index contributed by atoms with van der Waals surface area (Å²) in [6.07, 6.45) is 0.448. The van der Waals surface area contributed by atoms with Crippen molar-refractivity contribution in [2.24, 2.45) is 0 Å². The van der Waals surface area contributed by atoms with Crippen molar-refractivity contribution < 1.29 is 31.1 Å². The van der Waals surface area contributed by atoms with Crippen molar-refractivity contribution in [1.29, 1.82) is 0 Å². The summed E-state index contributed by atoms with van der Waals surface area (Å²) in [5.74, 6) is -2.60. The molecule has 1 fully saturated rings. The zero-order chi connectivity index (χ0) is 22.9. The molecule has 2 heterocycles. The van der Waals surface area contributed by atoms with E-state index in [1.807, 2.05) is 0 Å². The zero-order valence-corrected chi connectivity index (χ0v) is 18.0. The normalized spacial score (nSPS) is 16.6. The Labute approximate surface area is 182 Å². The Hall–Kier alpha value is -2.57. The number of amides is 1. The van der Waals surface area contributed by atoms with E-state index < -0.39 is 39.5 Å². The van der Waals surface area contributed by atoms with Crippen LogP contribution in [-0.2, 0) is 15.0 Å². The first-order valence-corrected chi connectivity index (χ1v) is 10.7. The van der Waals surface area contributed by atoms with Gasteiger partial charge in [0.1, 0.15) is 17.7 Å². The van der Waals surface area contributed by atoms with Crippen LogP contribution in [-0.4, -0.2) is 57.5 Å². The quantitative estimate of drug-likeness (QED) is 0.569. The SMILES string of the molecule is CN(C)S(=O)(=O)N(C=O)c1cc(F)c(Oc2cnc(N3CCC(F)C3)c(Cl)c2)cc1F. The summed E-state index contributed by atoms with van der Waals surface area (Å²) in [5.41, 5.74) is -0.810. The lowest BCUT2D eigenvalue weighted by Crippen LogP contribution is -2.39. The Morgan fingerprint density at radius 2 is 1.97 bits per heavy atom. The molecule has 31 heavy (non-hydrogen) atoms. The van der Waals surface area contributed by atoms with Gasteiger partial charge < -0.3 is 9.64 Å². The van der Waals surface area contributed by atoms with Gasteiger partial charge in [0.15, 0.2) is 17.4 Å². The largest absolute Gasteiger partial charge is 0.452 e. The molecule has 0 aliphatic carbocycles. The first-order chi connectivity index (χ1) is 14.5. The second kappa shape index (κ2) is 8.89. The van der Waals surface area contributed by atoms with Crippen LogP contribution in [0.4, 0.5) is 24.7 Å². The van der Waals surface area contributed by atoms with Crippen LogP contribution in [0.5, 0.6) is 11.5 Å². The van der Waals surface area contributed by atoms with E-state index in [2.05, 4.69) is 4.98 Å². The number of carbonyl (C=O) groups is 1. The first kappa shape index (κ1) is 23.1. The highest BCUT2D eigenvalue weighted by Crippen LogP contribution is 2.35. The third kappa shape index (κ3) is 4.70. The van der Waals surface area contributed by atoms with Crippen LogP contribution >= 0.6 is 11.6 Å². The summed E-state index contributed by atoms with van der Waals surface area (Å²) in [7, 11) is -2.12. The number of hydrogen-bond acceptors (Lipinski definition) is 6. The van der Waals surface area contributed by atoms with Gasteiger partial charge in [-0.1, -0.05) is 11.6 Å². The van der Waals surface area contributed by atoms with E-state index in [9.17, 15) is 26.4 Å². The molecule has 0 saturated carbocycles. The lowest BCUT2D eigenvalue weighted by Gasteiger charge is -2.22. The van der Waals surface area contributed by atoms with Gasteiger partial charge in [0, 0.05) is 38.8 Å². The highest BCUT2D eigenvalue weighted by molar-refractivity contribution is 7.91. The van der Waals surface area contributed by atoms with E-state index >= 15 is 0 Å². The molecular weight excluding hydrogens is 461 g/mol. The third-order valence-corrected chi connectivity index (χ3v) is 6.48.